The Bertz CT molecular complexity index is 723. The van der Waals surface area contributed by atoms with Crippen LogP contribution in [0.25, 0.3) is 0 Å². The average molecular weight is 389 g/mol. The number of nitrogens with one attached hydrogen (secondary N) is 1. The zero-order valence-electron chi connectivity index (χ0n) is 14.3. The number of aromatic nitrogens is 1. The molecule has 0 aromatic carbocycles. The number of carboxylic acid groups (broad SMARTS) is 1. The summed E-state index contributed by atoms with van der Waals surface area (Å²) in [5.74, 6) is 0.111. The van der Waals surface area contributed by atoms with Gasteiger partial charge >= 0.3 is 5.97 Å². The average Bonchev–Trinajstić information content (AvgIpc) is 3.06. The molecule has 1 aromatic rings. The topological polar surface area (TPSA) is 111 Å². The number of amides is 1. The summed E-state index contributed by atoms with van der Waals surface area (Å²) < 4.78 is 26.7. The monoisotopic (exact) mass is 389 g/mol. The Hall–Kier alpha value is -1.52. The molecule has 0 atom stereocenters. The van der Waals surface area contributed by atoms with E-state index in [1.807, 2.05) is 0 Å². The van der Waals surface area contributed by atoms with Crippen molar-refractivity contribution in [3.8, 4) is 0 Å². The van der Waals surface area contributed by atoms with Crippen molar-refractivity contribution in [2.75, 3.05) is 31.1 Å². The van der Waals surface area contributed by atoms with Gasteiger partial charge in [0.15, 0.2) is 0 Å². The van der Waals surface area contributed by atoms with E-state index in [9.17, 15) is 18.0 Å². The highest BCUT2D eigenvalue weighted by Crippen LogP contribution is 2.21. The maximum absolute atomic E-state index is 12.6. The summed E-state index contributed by atoms with van der Waals surface area (Å²) in [6.45, 7) is 4.55. The first-order valence-corrected chi connectivity index (χ1v) is 10.6. The molecular formula is C15H23N3O5S2. The molecule has 8 nitrogen and oxygen atoms in total. The molecular weight excluding hydrogens is 366 g/mol. The summed E-state index contributed by atoms with van der Waals surface area (Å²) in [5.41, 5.74) is 0.143. The van der Waals surface area contributed by atoms with Gasteiger partial charge in [-0.3, -0.25) is 9.59 Å². The normalized spacial score (nSPS) is 16.1. The van der Waals surface area contributed by atoms with Crippen molar-refractivity contribution in [2.24, 2.45) is 0 Å². The molecule has 0 aliphatic carbocycles. The first-order valence-electron chi connectivity index (χ1n) is 8.02. The number of carboxylic acids is 1. The zero-order chi connectivity index (χ0) is 18.6. The van der Waals surface area contributed by atoms with Crippen LogP contribution in [-0.2, 0) is 14.8 Å². The Morgan fingerprint density at radius 3 is 2.56 bits per heavy atom. The van der Waals surface area contributed by atoms with Gasteiger partial charge in [-0.05, 0) is 19.9 Å². The van der Waals surface area contributed by atoms with Crippen LogP contribution in [0.4, 0.5) is 0 Å². The van der Waals surface area contributed by atoms with Gasteiger partial charge in [0.05, 0.1) is 6.42 Å². The van der Waals surface area contributed by atoms with E-state index in [1.165, 1.54) is 21.5 Å². The molecule has 1 aliphatic rings. The summed E-state index contributed by atoms with van der Waals surface area (Å²) in [7, 11) is -3.62. The first kappa shape index (κ1) is 19.8. The first-order chi connectivity index (χ1) is 11.7. The van der Waals surface area contributed by atoms with Gasteiger partial charge in [-0.1, -0.05) is 0 Å². The van der Waals surface area contributed by atoms with Crippen LogP contribution < -0.4 is 0 Å². The molecule has 1 saturated heterocycles. The standard InChI is InChI=1S/C15H23N3O5S2/c1-11(2)18(4-3-14(19)20)15(21)13-9-12(10-16-13)25(22,23)17-5-7-24-8-6-17/h9-11,16H,3-8H2,1-2H3,(H,19,20). The molecule has 140 valence electrons. The highest BCUT2D eigenvalue weighted by molar-refractivity contribution is 7.99. The number of thioether (sulfide) groups is 1. The lowest BCUT2D eigenvalue weighted by Gasteiger charge is -2.26. The van der Waals surface area contributed by atoms with Crippen LogP contribution in [-0.4, -0.2) is 76.8 Å². The molecule has 1 amide bonds. The van der Waals surface area contributed by atoms with Crippen molar-refractivity contribution in [2.45, 2.75) is 31.2 Å². The number of hydrogen-bond donors (Lipinski definition) is 2. The fourth-order valence-electron chi connectivity index (χ4n) is 2.55. The fraction of sp³-hybridized carbons (Fsp3) is 0.600. The zero-order valence-corrected chi connectivity index (χ0v) is 15.9. The second kappa shape index (κ2) is 8.24. The lowest BCUT2D eigenvalue weighted by molar-refractivity contribution is -0.137. The van der Waals surface area contributed by atoms with E-state index in [1.54, 1.807) is 25.6 Å². The minimum absolute atomic E-state index is 0.0599. The summed E-state index contributed by atoms with van der Waals surface area (Å²) >= 11 is 1.71. The van der Waals surface area contributed by atoms with Crippen molar-refractivity contribution in [1.29, 1.82) is 0 Å². The van der Waals surface area contributed by atoms with E-state index in [-0.39, 0.29) is 29.6 Å². The number of rotatable bonds is 7. The Labute approximate surface area is 151 Å². The summed E-state index contributed by atoms with van der Waals surface area (Å²) in [4.78, 5) is 27.6. The maximum Gasteiger partial charge on any atom is 0.305 e. The molecule has 1 aromatic heterocycles. The molecule has 0 radical (unpaired) electrons. The van der Waals surface area contributed by atoms with Crippen LogP contribution in [0.5, 0.6) is 0 Å². The third kappa shape index (κ3) is 4.77. The van der Waals surface area contributed by atoms with Crippen molar-refractivity contribution < 1.29 is 23.1 Å². The third-order valence-corrected chi connectivity index (χ3v) is 6.76. The van der Waals surface area contributed by atoms with Crippen molar-refractivity contribution >= 4 is 33.7 Å². The van der Waals surface area contributed by atoms with Crippen LogP contribution in [0.2, 0.25) is 0 Å². The Kier molecular flexibility index (Phi) is 6.53. The quantitative estimate of drug-likeness (QED) is 0.722. The van der Waals surface area contributed by atoms with Crippen LogP contribution in [0.3, 0.4) is 0 Å². The summed E-state index contributed by atoms with van der Waals surface area (Å²) in [6, 6.07) is 1.13. The summed E-state index contributed by atoms with van der Waals surface area (Å²) in [5, 5.41) is 8.82. The molecule has 2 N–H and O–H groups in total. The number of sulfonamides is 1. The minimum atomic E-state index is -3.62. The Morgan fingerprint density at radius 2 is 2.00 bits per heavy atom. The number of carbonyl (C=O) groups excluding carboxylic acids is 1. The SMILES string of the molecule is CC(C)N(CCC(=O)O)C(=O)c1cc(S(=O)(=O)N2CCSCC2)c[nH]1. The van der Waals surface area contributed by atoms with Crippen molar-refractivity contribution in [1.82, 2.24) is 14.2 Å². The molecule has 2 rings (SSSR count). The predicted octanol–water partition coefficient (Wildman–Crippen LogP) is 1.08. The summed E-state index contributed by atoms with van der Waals surface area (Å²) in [6.07, 6.45) is 1.15. The number of hydrogen-bond acceptors (Lipinski definition) is 5. The molecule has 0 unspecified atom stereocenters. The van der Waals surface area contributed by atoms with Crippen LogP contribution in [0, 0.1) is 0 Å². The van der Waals surface area contributed by atoms with Gasteiger partial charge in [-0.2, -0.15) is 16.1 Å². The van der Waals surface area contributed by atoms with E-state index >= 15 is 0 Å². The largest absolute Gasteiger partial charge is 0.481 e. The number of aliphatic carboxylic acids is 1. The van der Waals surface area contributed by atoms with Crippen LogP contribution in [0.1, 0.15) is 30.8 Å². The second-order valence-electron chi connectivity index (χ2n) is 6.00. The van der Waals surface area contributed by atoms with Crippen LogP contribution in [0.15, 0.2) is 17.2 Å². The molecule has 0 saturated carbocycles. The van der Waals surface area contributed by atoms with Gasteiger partial charge in [-0.25, -0.2) is 8.42 Å². The number of nitrogens with zero attached hydrogens (tertiary/aromatic N) is 2. The molecule has 0 bridgehead atoms. The fourth-order valence-corrected chi connectivity index (χ4v) is 5.12. The smallest absolute Gasteiger partial charge is 0.305 e. The van der Waals surface area contributed by atoms with E-state index in [0.717, 1.165) is 11.5 Å². The Morgan fingerprint density at radius 1 is 1.36 bits per heavy atom. The lowest BCUT2D eigenvalue weighted by Crippen LogP contribution is -2.39. The second-order valence-corrected chi connectivity index (χ2v) is 9.16. The van der Waals surface area contributed by atoms with Crippen molar-refractivity contribution in [3.05, 3.63) is 18.0 Å². The lowest BCUT2D eigenvalue weighted by atomic mass is 10.2. The van der Waals surface area contributed by atoms with E-state index < -0.39 is 21.9 Å². The number of H-pyrrole nitrogens is 1. The third-order valence-electron chi connectivity index (χ3n) is 3.95. The molecule has 0 spiro atoms. The van der Waals surface area contributed by atoms with Gasteiger partial charge in [0.2, 0.25) is 10.0 Å². The van der Waals surface area contributed by atoms with E-state index in [0.29, 0.717) is 13.1 Å². The molecule has 2 heterocycles. The highest BCUT2D eigenvalue weighted by Gasteiger charge is 2.29. The maximum atomic E-state index is 12.6. The van der Waals surface area contributed by atoms with Gasteiger partial charge < -0.3 is 15.0 Å². The van der Waals surface area contributed by atoms with Gasteiger partial charge in [-0.15, -0.1) is 0 Å². The molecule has 1 aliphatic heterocycles. The van der Waals surface area contributed by atoms with Crippen LogP contribution >= 0.6 is 11.8 Å². The molecule has 25 heavy (non-hydrogen) atoms. The van der Waals surface area contributed by atoms with Crippen molar-refractivity contribution in [3.63, 3.8) is 0 Å². The van der Waals surface area contributed by atoms with E-state index in [4.69, 9.17) is 5.11 Å². The molecule has 10 heteroatoms. The predicted molar refractivity (Wildman–Crippen MR) is 95.3 cm³/mol. The minimum Gasteiger partial charge on any atom is -0.481 e. The molecule has 1 fully saturated rings. The number of aromatic amines is 1. The van der Waals surface area contributed by atoms with Gasteiger partial charge in [0, 0.05) is 43.4 Å². The van der Waals surface area contributed by atoms with Gasteiger partial charge in [0.25, 0.3) is 5.91 Å². The van der Waals surface area contributed by atoms with E-state index in [2.05, 4.69) is 4.98 Å². The highest BCUT2D eigenvalue weighted by atomic mass is 32.2. The van der Waals surface area contributed by atoms with Gasteiger partial charge in [0.1, 0.15) is 10.6 Å². The number of carbonyl (C=O) groups is 2. The Balaban J connectivity index is 2.18.